The number of para-hydroxylation sites is 1. The largest absolute Gasteiger partial charge is 0.493 e. The summed E-state index contributed by atoms with van der Waals surface area (Å²) in [7, 11) is 1.98. The molecule has 3 rings (SSSR count). The van der Waals surface area contributed by atoms with Crippen LogP contribution in [0.3, 0.4) is 0 Å². The minimum absolute atomic E-state index is 0.220. The first-order valence-corrected chi connectivity index (χ1v) is 8.03. The molecule has 2 aromatic rings. The van der Waals surface area contributed by atoms with Crippen LogP contribution in [-0.4, -0.2) is 13.7 Å². The van der Waals surface area contributed by atoms with E-state index in [1.54, 1.807) is 11.3 Å². The molecule has 1 aromatic carbocycles. The molecule has 0 saturated heterocycles. The second kappa shape index (κ2) is 5.44. The van der Waals surface area contributed by atoms with Gasteiger partial charge in [-0.05, 0) is 35.1 Å². The third-order valence-electron chi connectivity index (χ3n) is 3.42. The second-order valence-corrected chi connectivity index (χ2v) is 7.03. The van der Waals surface area contributed by atoms with Crippen molar-refractivity contribution >= 4 is 38.9 Å². The van der Waals surface area contributed by atoms with E-state index < -0.39 is 0 Å². The van der Waals surface area contributed by atoms with Crippen molar-refractivity contribution < 1.29 is 4.74 Å². The summed E-state index contributed by atoms with van der Waals surface area (Å²) < 4.78 is 7.53. The Morgan fingerprint density at radius 2 is 2.26 bits per heavy atom. The van der Waals surface area contributed by atoms with Crippen LogP contribution >= 0.6 is 38.9 Å². The fourth-order valence-electron chi connectivity index (χ4n) is 2.52. The number of thiophene rings is 1. The lowest BCUT2D eigenvalue weighted by molar-refractivity contribution is 0.305. The maximum absolute atomic E-state index is 6.15. The highest BCUT2D eigenvalue weighted by atomic mass is 79.9. The van der Waals surface area contributed by atoms with Crippen LogP contribution in [0.4, 0.5) is 0 Å². The molecule has 1 aliphatic rings. The Morgan fingerprint density at radius 3 is 2.95 bits per heavy atom. The minimum Gasteiger partial charge on any atom is -0.493 e. The predicted molar refractivity (Wildman–Crippen MR) is 83.5 cm³/mol. The Kier molecular flexibility index (Phi) is 3.85. The monoisotopic (exact) mass is 357 g/mol. The summed E-state index contributed by atoms with van der Waals surface area (Å²) in [6, 6.07) is 10.5. The van der Waals surface area contributed by atoms with Gasteiger partial charge in [0.1, 0.15) is 10.1 Å². The van der Waals surface area contributed by atoms with E-state index in [2.05, 4.69) is 39.4 Å². The zero-order valence-corrected chi connectivity index (χ0v) is 13.5. The summed E-state index contributed by atoms with van der Waals surface area (Å²) in [6.07, 6.45) is 0. The van der Waals surface area contributed by atoms with E-state index in [4.69, 9.17) is 16.3 Å². The summed E-state index contributed by atoms with van der Waals surface area (Å²) in [6.45, 7) is 0.706. The summed E-state index contributed by atoms with van der Waals surface area (Å²) in [5, 5.41) is 3.39. The fourth-order valence-corrected chi connectivity index (χ4v) is 4.43. The molecule has 0 saturated carbocycles. The van der Waals surface area contributed by atoms with Crippen LogP contribution in [0, 0.1) is 0 Å². The molecule has 1 aliphatic heterocycles. The van der Waals surface area contributed by atoms with Gasteiger partial charge in [-0.1, -0.05) is 29.8 Å². The first-order chi connectivity index (χ1) is 9.20. The van der Waals surface area contributed by atoms with E-state index in [-0.39, 0.29) is 6.04 Å². The van der Waals surface area contributed by atoms with Gasteiger partial charge < -0.3 is 10.1 Å². The van der Waals surface area contributed by atoms with Crippen molar-refractivity contribution in [2.45, 2.75) is 12.0 Å². The lowest BCUT2D eigenvalue weighted by Gasteiger charge is -2.21. The summed E-state index contributed by atoms with van der Waals surface area (Å²) >= 11 is 11.2. The van der Waals surface area contributed by atoms with Crippen LogP contribution in [0.2, 0.25) is 4.34 Å². The van der Waals surface area contributed by atoms with Crippen LogP contribution in [0.15, 0.2) is 34.8 Å². The molecule has 2 heterocycles. The van der Waals surface area contributed by atoms with Crippen LogP contribution in [0.25, 0.3) is 0 Å². The van der Waals surface area contributed by atoms with E-state index in [1.807, 2.05) is 19.2 Å². The maximum atomic E-state index is 6.15. The number of benzene rings is 1. The average molecular weight is 359 g/mol. The van der Waals surface area contributed by atoms with Crippen LogP contribution in [-0.2, 0) is 0 Å². The van der Waals surface area contributed by atoms with E-state index >= 15 is 0 Å². The molecule has 19 heavy (non-hydrogen) atoms. The molecule has 1 aromatic heterocycles. The van der Waals surface area contributed by atoms with Gasteiger partial charge in [-0.3, -0.25) is 0 Å². The predicted octanol–water partition coefficient (Wildman–Crippen LogP) is 4.60. The van der Waals surface area contributed by atoms with Crippen LogP contribution < -0.4 is 10.1 Å². The summed E-state index contributed by atoms with van der Waals surface area (Å²) in [5.41, 5.74) is 1.27. The zero-order valence-electron chi connectivity index (χ0n) is 10.3. The number of ether oxygens (including phenoxy) is 1. The normalized spacial score (nSPS) is 19.0. The molecular weight excluding hydrogens is 346 g/mol. The molecule has 2 nitrogen and oxygen atoms in total. The van der Waals surface area contributed by atoms with Crippen LogP contribution in [0.1, 0.15) is 22.4 Å². The molecule has 1 N–H and O–H groups in total. The first kappa shape index (κ1) is 13.4. The first-order valence-electron chi connectivity index (χ1n) is 6.04. The lowest BCUT2D eigenvalue weighted by atomic mass is 9.92. The zero-order chi connectivity index (χ0) is 13.4. The smallest absolute Gasteiger partial charge is 0.122 e. The van der Waals surface area contributed by atoms with E-state index in [1.165, 1.54) is 10.4 Å². The average Bonchev–Trinajstić information content (AvgIpc) is 2.97. The van der Waals surface area contributed by atoms with E-state index in [9.17, 15) is 0 Å². The lowest BCUT2D eigenvalue weighted by Crippen LogP contribution is -2.24. The number of halogens is 2. The number of hydrogen-bond acceptors (Lipinski definition) is 3. The van der Waals surface area contributed by atoms with Crippen LogP contribution in [0.5, 0.6) is 5.75 Å². The summed E-state index contributed by atoms with van der Waals surface area (Å²) in [5.74, 6) is 1.32. The van der Waals surface area contributed by atoms with E-state index in [0.29, 0.717) is 12.5 Å². The minimum atomic E-state index is 0.220. The van der Waals surface area contributed by atoms with E-state index in [0.717, 1.165) is 14.6 Å². The molecule has 2 atom stereocenters. The van der Waals surface area contributed by atoms with Crippen molar-refractivity contribution in [3.05, 3.63) is 49.6 Å². The Balaban J connectivity index is 1.96. The topological polar surface area (TPSA) is 21.3 Å². The van der Waals surface area contributed by atoms with Crippen molar-refractivity contribution in [2.75, 3.05) is 13.7 Å². The number of rotatable bonds is 3. The van der Waals surface area contributed by atoms with Gasteiger partial charge in [-0.15, -0.1) is 11.3 Å². The molecule has 0 bridgehead atoms. The van der Waals surface area contributed by atoms with Crippen molar-refractivity contribution in [3.63, 3.8) is 0 Å². The summed E-state index contributed by atoms with van der Waals surface area (Å²) in [4.78, 5) is 1.23. The van der Waals surface area contributed by atoms with Gasteiger partial charge >= 0.3 is 0 Å². The van der Waals surface area contributed by atoms with Crippen molar-refractivity contribution in [3.8, 4) is 5.75 Å². The molecule has 0 fully saturated rings. The Labute approximate surface area is 129 Å². The van der Waals surface area contributed by atoms with Gasteiger partial charge in [0.15, 0.2) is 0 Å². The highest BCUT2D eigenvalue weighted by Crippen LogP contribution is 2.44. The molecule has 0 spiro atoms. The van der Waals surface area contributed by atoms with Gasteiger partial charge in [-0.25, -0.2) is 0 Å². The second-order valence-electron chi connectivity index (χ2n) is 4.49. The van der Waals surface area contributed by atoms with Gasteiger partial charge in [0.2, 0.25) is 0 Å². The number of likely N-dealkylation sites (N-methyl/N-ethyl adjacent to an activating group) is 1. The number of fused-ring (bicyclic) bond motifs is 1. The molecule has 100 valence electrons. The van der Waals surface area contributed by atoms with Crippen molar-refractivity contribution in [2.24, 2.45) is 0 Å². The molecule has 0 radical (unpaired) electrons. The van der Waals surface area contributed by atoms with Gasteiger partial charge in [-0.2, -0.15) is 0 Å². The highest BCUT2D eigenvalue weighted by Gasteiger charge is 2.32. The Bertz CT molecular complexity index is 581. The molecular formula is C14H13BrClNOS. The van der Waals surface area contributed by atoms with Gasteiger partial charge in [0, 0.05) is 20.8 Å². The number of nitrogens with one attached hydrogen (secondary N) is 1. The molecule has 2 unspecified atom stereocenters. The Hall–Kier alpha value is -0.550. The maximum Gasteiger partial charge on any atom is 0.122 e. The van der Waals surface area contributed by atoms with Crippen molar-refractivity contribution in [1.82, 2.24) is 5.32 Å². The van der Waals surface area contributed by atoms with Crippen molar-refractivity contribution in [1.29, 1.82) is 0 Å². The molecule has 5 heteroatoms. The SMILES string of the molecule is CNC(c1cc(Br)c(Cl)s1)C1COc2ccccc21. The quantitative estimate of drug-likeness (QED) is 0.865. The Morgan fingerprint density at radius 1 is 1.47 bits per heavy atom. The van der Waals surface area contributed by atoms with Gasteiger partial charge in [0.25, 0.3) is 0 Å². The van der Waals surface area contributed by atoms with Gasteiger partial charge in [0.05, 0.1) is 12.6 Å². The number of hydrogen-bond donors (Lipinski definition) is 1. The highest BCUT2D eigenvalue weighted by molar-refractivity contribution is 9.10. The third-order valence-corrected chi connectivity index (χ3v) is 5.98. The standard InChI is InChI=1S/C14H13BrClNOS/c1-17-13(12-6-10(15)14(16)19-12)9-7-18-11-5-3-2-4-8(9)11/h2-6,9,13,17H,7H2,1H3. The third kappa shape index (κ3) is 2.42. The fraction of sp³-hybridized carbons (Fsp3) is 0.286. The molecule has 0 aliphatic carbocycles. The molecule has 0 amide bonds.